The van der Waals surface area contributed by atoms with Gasteiger partial charge in [0, 0.05) is 22.4 Å². The molecule has 0 aliphatic rings. The standard InChI is InChI=1S/C16H30N2/c1-9-11(3)14-17-12(15(4,5)6)13(18-14)16(7,8)10-2/h11H,9-10H2,1-8H3,(H,17,18). The zero-order chi connectivity index (χ0) is 14.1. The maximum Gasteiger partial charge on any atom is 0.109 e. The Morgan fingerprint density at radius 2 is 1.67 bits per heavy atom. The fourth-order valence-electron chi connectivity index (χ4n) is 2.02. The summed E-state index contributed by atoms with van der Waals surface area (Å²) in [4.78, 5) is 8.54. The zero-order valence-electron chi connectivity index (χ0n) is 13.4. The summed E-state index contributed by atoms with van der Waals surface area (Å²) in [6.45, 7) is 18.1. The third-order valence-electron chi connectivity index (χ3n) is 4.08. The van der Waals surface area contributed by atoms with E-state index in [1.54, 1.807) is 0 Å². The van der Waals surface area contributed by atoms with Crippen LogP contribution in [0.15, 0.2) is 0 Å². The van der Waals surface area contributed by atoms with Gasteiger partial charge in [0.2, 0.25) is 0 Å². The Bertz CT molecular complexity index is 394. The van der Waals surface area contributed by atoms with Gasteiger partial charge in [-0.3, -0.25) is 0 Å². The van der Waals surface area contributed by atoms with Crippen molar-refractivity contribution in [1.29, 1.82) is 0 Å². The Balaban J connectivity index is 3.35. The van der Waals surface area contributed by atoms with Crippen LogP contribution < -0.4 is 0 Å². The Kier molecular flexibility index (Phi) is 4.30. The number of nitrogens with zero attached hydrogens (tertiary/aromatic N) is 1. The van der Waals surface area contributed by atoms with E-state index >= 15 is 0 Å². The highest BCUT2D eigenvalue weighted by Gasteiger charge is 2.31. The van der Waals surface area contributed by atoms with Crippen LogP contribution in [0, 0.1) is 0 Å². The van der Waals surface area contributed by atoms with Crippen LogP contribution in [0.1, 0.15) is 91.4 Å². The van der Waals surface area contributed by atoms with Crippen molar-refractivity contribution in [2.75, 3.05) is 0 Å². The summed E-state index contributed by atoms with van der Waals surface area (Å²) in [6.07, 6.45) is 2.24. The van der Waals surface area contributed by atoms with E-state index in [1.807, 2.05) is 0 Å². The molecule has 0 aliphatic carbocycles. The van der Waals surface area contributed by atoms with Crippen LogP contribution in [0.5, 0.6) is 0 Å². The monoisotopic (exact) mass is 250 g/mol. The number of hydrogen-bond acceptors (Lipinski definition) is 1. The van der Waals surface area contributed by atoms with Gasteiger partial charge in [-0.15, -0.1) is 0 Å². The predicted molar refractivity (Wildman–Crippen MR) is 79.3 cm³/mol. The van der Waals surface area contributed by atoms with Crippen molar-refractivity contribution in [1.82, 2.24) is 9.97 Å². The number of nitrogens with one attached hydrogen (secondary N) is 1. The number of aromatic amines is 1. The quantitative estimate of drug-likeness (QED) is 0.808. The molecule has 0 aromatic carbocycles. The van der Waals surface area contributed by atoms with Crippen molar-refractivity contribution >= 4 is 0 Å². The summed E-state index contributed by atoms with van der Waals surface area (Å²) in [7, 11) is 0. The minimum absolute atomic E-state index is 0.125. The lowest BCUT2D eigenvalue weighted by Gasteiger charge is -2.27. The van der Waals surface area contributed by atoms with Crippen molar-refractivity contribution in [3.05, 3.63) is 17.2 Å². The second-order valence-electron chi connectivity index (χ2n) is 7.14. The summed E-state index contributed by atoms with van der Waals surface area (Å²) >= 11 is 0. The van der Waals surface area contributed by atoms with Crippen molar-refractivity contribution in [2.24, 2.45) is 0 Å². The molecule has 104 valence electrons. The molecule has 0 bridgehead atoms. The van der Waals surface area contributed by atoms with Gasteiger partial charge in [0.15, 0.2) is 0 Å². The molecule has 1 rings (SSSR count). The van der Waals surface area contributed by atoms with Gasteiger partial charge in [-0.05, 0) is 12.8 Å². The van der Waals surface area contributed by atoms with Crippen LogP contribution in [-0.4, -0.2) is 9.97 Å². The summed E-state index contributed by atoms with van der Waals surface area (Å²) in [5, 5.41) is 0. The molecular formula is C16H30N2. The van der Waals surface area contributed by atoms with Crippen LogP contribution in [0.2, 0.25) is 0 Å². The van der Waals surface area contributed by atoms with Crippen molar-refractivity contribution in [2.45, 2.75) is 85.0 Å². The van der Waals surface area contributed by atoms with Crippen LogP contribution in [0.4, 0.5) is 0 Å². The summed E-state index contributed by atoms with van der Waals surface area (Å²) < 4.78 is 0. The third kappa shape index (κ3) is 2.96. The topological polar surface area (TPSA) is 28.7 Å². The van der Waals surface area contributed by atoms with E-state index in [0.717, 1.165) is 18.7 Å². The second-order valence-corrected chi connectivity index (χ2v) is 7.14. The van der Waals surface area contributed by atoms with E-state index < -0.39 is 0 Å². The number of imidazole rings is 1. The summed E-state index contributed by atoms with van der Waals surface area (Å²) in [5.74, 6) is 1.66. The van der Waals surface area contributed by atoms with E-state index in [-0.39, 0.29) is 10.8 Å². The van der Waals surface area contributed by atoms with Crippen LogP contribution in [0.3, 0.4) is 0 Å². The normalized spacial score (nSPS) is 14.9. The number of H-pyrrole nitrogens is 1. The van der Waals surface area contributed by atoms with Crippen molar-refractivity contribution in [3.8, 4) is 0 Å². The van der Waals surface area contributed by atoms with E-state index in [2.05, 4.69) is 60.4 Å². The summed E-state index contributed by atoms with van der Waals surface area (Å²) in [5.41, 5.74) is 2.84. The lowest BCUT2D eigenvalue weighted by atomic mass is 9.79. The molecule has 0 amide bonds. The Hall–Kier alpha value is -0.790. The minimum Gasteiger partial charge on any atom is -0.345 e. The van der Waals surface area contributed by atoms with Gasteiger partial charge in [0.1, 0.15) is 5.82 Å². The molecule has 0 fully saturated rings. The van der Waals surface area contributed by atoms with E-state index in [0.29, 0.717) is 5.92 Å². The average Bonchev–Trinajstić information content (AvgIpc) is 2.73. The van der Waals surface area contributed by atoms with Gasteiger partial charge in [-0.1, -0.05) is 55.4 Å². The van der Waals surface area contributed by atoms with Crippen LogP contribution in [-0.2, 0) is 10.8 Å². The number of aromatic nitrogens is 2. The average molecular weight is 250 g/mol. The first-order chi connectivity index (χ1) is 8.13. The van der Waals surface area contributed by atoms with Crippen molar-refractivity contribution < 1.29 is 0 Å². The Labute approximate surface area is 113 Å². The first kappa shape index (κ1) is 15.3. The van der Waals surface area contributed by atoms with Gasteiger partial charge >= 0.3 is 0 Å². The van der Waals surface area contributed by atoms with Crippen LogP contribution >= 0.6 is 0 Å². The highest BCUT2D eigenvalue weighted by atomic mass is 15.0. The molecular weight excluding hydrogens is 220 g/mol. The molecule has 0 aliphatic heterocycles. The molecule has 1 N–H and O–H groups in total. The number of rotatable bonds is 4. The van der Waals surface area contributed by atoms with Gasteiger partial charge < -0.3 is 4.98 Å². The first-order valence-corrected chi connectivity index (χ1v) is 7.24. The minimum atomic E-state index is 0.125. The molecule has 0 saturated heterocycles. The van der Waals surface area contributed by atoms with Gasteiger partial charge in [0.25, 0.3) is 0 Å². The molecule has 0 radical (unpaired) electrons. The molecule has 1 aromatic heterocycles. The van der Waals surface area contributed by atoms with Gasteiger partial charge in [0.05, 0.1) is 5.69 Å². The van der Waals surface area contributed by atoms with Gasteiger partial charge in [-0.25, -0.2) is 4.98 Å². The molecule has 2 heteroatoms. The lowest BCUT2D eigenvalue weighted by Crippen LogP contribution is -2.23. The van der Waals surface area contributed by atoms with E-state index in [1.165, 1.54) is 11.4 Å². The fraction of sp³-hybridized carbons (Fsp3) is 0.812. The Morgan fingerprint density at radius 3 is 2.06 bits per heavy atom. The lowest BCUT2D eigenvalue weighted by molar-refractivity contribution is 0.464. The largest absolute Gasteiger partial charge is 0.345 e. The zero-order valence-corrected chi connectivity index (χ0v) is 13.4. The molecule has 1 heterocycles. The molecule has 18 heavy (non-hydrogen) atoms. The Morgan fingerprint density at radius 1 is 1.11 bits per heavy atom. The van der Waals surface area contributed by atoms with Crippen LogP contribution in [0.25, 0.3) is 0 Å². The van der Waals surface area contributed by atoms with Gasteiger partial charge in [-0.2, -0.15) is 0 Å². The predicted octanol–water partition coefficient (Wildman–Crippen LogP) is 4.91. The maximum atomic E-state index is 4.93. The highest BCUT2D eigenvalue weighted by Crippen LogP contribution is 2.35. The first-order valence-electron chi connectivity index (χ1n) is 7.24. The molecule has 2 nitrogen and oxygen atoms in total. The molecule has 0 spiro atoms. The number of hydrogen-bond donors (Lipinski definition) is 1. The summed E-state index contributed by atoms with van der Waals surface area (Å²) in [6, 6.07) is 0. The molecule has 1 atom stereocenters. The SMILES string of the molecule is CCC(C)c1nc(C(C)(C)CC)c(C(C)(C)C)[nH]1. The highest BCUT2D eigenvalue weighted by molar-refractivity contribution is 5.29. The molecule has 0 saturated carbocycles. The fourth-order valence-corrected chi connectivity index (χ4v) is 2.02. The molecule has 1 unspecified atom stereocenters. The smallest absolute Gasteiger partial charge is 0.109 e. The maximum absolute atomic E-state index is 4.93. The molecule has 1 aromatic rings. The van der Waals surface area contributed by atoms with E-state index in [9.17, 15) is 0 Å². The second kappa shape index (κ2) is 5.07. The third-order valence-corrected chi connectivity index (χ3v) is 4.08. The van der Waals surface area contributed by atoms with Crippen molar-refractivity contribution in [3.63, 3.8) is 0 Å². The van der Waals surface area contributed by atoms with E-state index in [4.69, 9.17) is 4.98 Å².